The third kappa shape index (κ3) is 4.34. The first kappa shape index (κ1) is 21.4. The molecular weight excluding hydrogens is 384 g/mol. The van der Waals surface area contributed by atoms with Crippen LogP contribution in [0.25, 0.3) is 0 Å². The van der Waals surface area contributed by atoms with Gasteiger partial charge in [-0.2, -0.15) is 0 Å². The van der Waals surface area contributed by atoms with Crippen molar-refractivity contribution in [2.75, 3.05) is 29.1 Å². The summed E-state index contributed by atoms with van der Waals surface area (Å²) in [5.74, 6) is 0.620. The molecule has 0 fully saturated rings. The second-order valence-electron chi connectivity index (χ2n) is 7.38. The lowest BCUT2D eigenvalue weighted by Gasteiger charge is -2.22. The van der Waals surface area contributed by atoms with E-state index in [1.54, 1.807) is 16.3 Å². The summed E-state index contributed by atoms with van der Waals surface area (Å²) in [6.07, 6.45) is 0.921. The molecule has 1 aromatic carbocycles. The minimum Gasteiger partial charge on any atom is -0.372 e. The largest absolute Gasteiger partial charge is 0.372 e. The maximum atomic E-state index is 12.8. The van der Waals surface area contributed by atoms with Crippen LogP contribution in [-0.4, -0.2) is 34.3 Å². The van der Waals surface area contributed by atoms with Crippen LogP contribution in [-0.2, 0) is 11.2 Å². The fourth-order valence-electron chi connectivity index (χ4n) is 3.87. The molecule has 1 aliphatic rings. The Bertz CT molecular complexity index is 966. The van der Waals surface area contributed by atoms with Gasteiger partial charge in [0.2, 0.25) is 5.91 Å². The first-order valence-corrected chi connectivity index (χ1v) is 11.3. The van der Waals surface area contributed by atoms with E-state index >= 15 is 0 Å². The van der Waals surface area contributed by atoms with Gasteiger partial charge in [-0.25, -0.2) is 4.98 Å². The van der Waals surface area contributed by atoms with Gasteiger partial charge < -0.3 is 10.2 Å². The van der Waals surface area contributed by atoms with E-state index in [4.69, 9.17) is 0 Å². The zero-order valence-corrected chi connectivity index (χ0v) is 18.7. The van der Waals surface area contributed by atoms with Crippen molar-refractivity contribution in [3.63, 3.8) is 0 Å². The van der Waals surface area contributed by atoms with Crippen LogP contribution in [0.2, 0.25) is 0 Å². The van der Waals surface area contributed by atoms with Gasteiger partial charge in [-0.1, -0.05) is 18.7 Å². The van der Waals surface area contributed by atoms with E-state index < -0.39 is 0 Å². The molecule has 0 radical (unpaired) electrons. The normalized spacial score (nSPS) is 15.3. The molecule has 1 atom stereocenters. The predicted molar refractivity (Wildman–Crippen MR) is 120 cm³/mol. The highest BCUT2D eigenvalue weighted by Gasteiger charge is 2.29. The van der Waals surface area contributed by atoms with Gasteiger partial charge in [-0.3, -0.25) is 14.2 Å². The third-order valence-electron chi connectivity index (χ3n) is 5.54. The number of carbonyl (C=O) groups is 1. The Balaban J connectivity index is 1.74. The van der Waals surface area contributed by atoms with E-state index in [-0.39, 0.29) is 23.9 Å². The molecule has 2 heterocycles. The Hall–Kier alpha value is -2.28. The number of hydrogen-bond donors (Lipinski definition) is 1. The van der Waals surface area contributed by atoms with Gasteiger partial charge >= 0.3 is 0 Å². The topological polar surface area (TPSA) is 67.2 Å². The van der Waals surface area contributed by atoms with Crippen molar-refractivity contribution in [2.24, 2.45) is 0 Å². The van der Waals surface area contributed by atoms with E-state index in [2.05, 4.69) is 35.1 Å². The smallest absolute Gasteiger partial charge is 0.257 e. The van der Waals surface area contributed by atoms with Gasteiger partial charge in [0.1, 0.15) is 0 Å². The van der Waals surface area contributed by atoms with Gasteiger partial charge in [0.15, 0.2) is 5.16 Å². The second-order valence-corrected chi connectivity index (χ2v) is 8.36. The van der Waals surface area contributed by atoms with Crippen LogP contribution in [0.4, 0.5) is 11.4 Å². The lowest BCUT2D eigenvalue weighted by Crippen LogP contribution is -2.30. The fourth-order valence-corrected chi connectivity index (χ4v) is 5.05. The van der Waals surface area contributed by atoms with E-state index in [0.29, 0.717) is 12.2 Å². The van der Waals surface area contributed by atoms with Gasteiger partial charge in [-0.05, 0) is 57.9 Å². The van der Waals surface area contributed by atoms with Crippen molar-refractivity contribution in [3.05, 3.63) is 45.4 Å². The maximum Gasteiger partial charge on any atom is 0.257 e. The highest BCUT2D eigenvalue weighted by molar-refractivity contribution is 7.99. The van der Waals surface area contributed by atoms with Gasteiger partial charge in [0, 0.05) is 47.9 Å². The lowest BCUT2D eigenvalue weighted by molar-refractivity contribution is -0.116. The Morgan fingerprint density at radius 2 is 2.00 bits per heavy atom. The molecule has 0 bridgehead atoms. The number of nitrogens with zero attached hydrogens (tertiary/aromatic N) is 3. The summed E-state index contributed by atoms with van der Waals surface area (Å²) in [6.45, 7) is 12.0. The average molecular weight is 415 g/mol. The summed E-state index contributed by atoms with van der Waals surface area (Å²) >= 11 is 1.55. The van der Waals surface area contributed by atoms with Crippen molar-refractivity contribution in [2.45, 2.75) is 58.7 Å². The van der Waals surface area contributed by atoms with Crippen LogP contribution in [0.3, 0.4) is 0 Å². The molecule has 1 aliphatic heterocycles. The number of aromatic nitrogens is 2. The third-order valence-corrected chi connectivity index (χ3v) is 6.64. The van der Waals surface area contributed by atoms with Crippen LogP contribution in [0.1, 0.15) is 50.1 Å². The first-order valence-electron chi connectivity index (χ1n) is 10.3. The Morgan fingerprint density at radius 1 is 1.28 bits per heavy atom. The number of thioether (sulfide) groups is 1. The number of aryl methyl sites for hydroxylation is 2. The summed E-state index contributed by atoms with van der Waals surface area (Å²) in [5, 5.41) is 3.75. The molecule has 156 valence electrons. The van der Waals surface area contributed by atoms with E-state index in [9.17, 15) is 9.59 Å². The summed E-state index contributed by atoms with van der Waals surface area (Å²) in [5.41, 5.74) is 4.55. The monoisotopic (exact) mass is 414 g/mol. The maximum absolute atomic E-state index is 12.8. The van der Waals surface area contributed by atoms with Crippen molar-refractivity contribution < 1.29 is 4.79 Å². The molecule has 3 rings (SSSR count). The van der Waals surface area contributed by atoms with E-state index in [1.807, 2.05) is 32.9 Å². The summed E-state index contributed by atoms with van der Waals surface area (Å²) in [7, 11) is 0. The molecule has 1 N–H and O–H groups in total. The number of anilines is 2. The standard InChI is InChI=1S/C22H30N4O2S/c1-6-18-15(5)23-22-26(21(18)28)17(13-29-22)12-20(27)24-19-10-9-16(11-14(19)4)25(7-2)8-3/h9-11,17H,6-8,12-13H2,1-5H3,(H,24,27). The lowest BCUT2D eigenvalue weighted by atomic mass is 10.1. The SMILES string of the molecule is CCc1c(C)nc2n(c1=O)C(CC(=O)Nc1ccc(N(CC)CC)cc1C)CS2. The van der Waals surface area contributed by atoms with E-state index in [0.717, 1.165) is 46.4 Å². The fraction of sp³-hybridized carbons (Fsp3) is 0.500. The zero-order valence-electron chi connectivity index (χ0n) is 17.9. The van der Waals surface area contributed by atoms with Crippen LogP contribution in [0.15, 0.2) is 28.2 Å². The summed E-state index contributed by atoms with van der Waals surface area (Å²) in [6, 6.07) is 5.95. The molecule has 0 saturated carbocycles. The minimum atomic E-state index is -0.156. The number of amides is 1. The second kappa shape index (κ2) is 9.03. The van der Waals surface area contributed by atoms with Gasteiger partial charge in [0.05, 0.1) is 6.04 Å². The van der Waals surface area contributed by atoms with Gasteiger partial charge in [0.25, 0.3) is 5.56 Å². The number of carbonyl (C=O) groups excluding carboxylic acids is 1. The number of hydrogen-bond acceptors (Lipinski definition) is 5. The number of benzene rings is 1. The Labute approximate surface area is 176 Å². The molecule has 0 spiro atoms. The highest BCUT2D eigenvalue weighted by atomic mass is 32.2. The molecule has 29 heavy (non-hydrogen) atoms. The molecule has 1 aromatic heterocycles. The molecular formula is C22H30N4O2S. The van der Waals surface area contributed by atoms with Crippen molar-refractivity contribution in [3.8, 4) is 0 Å². The van der Waals surface area contributed by atoms with Crippen molar-refractivity contribution >= 4 is 29.0 Å². The molecule has 0 saturated heterocycles. The number of rotatable bonds is 7. The van der Waals surface area contributed by atoms with Gasteiger partial charge in [-0.15, -0.1) is 0 Å². The molecule has 6 nitrogen and oxygen atoms in total. The molecule has 7 heteroatoms. The zero-order chi connectivity index (χ0) is 21.1. The molecule has 2 aromatic rings. The van der Waals surface area contributed by atoms with E-state index in [1.165, 1.54) is 0 Å². The summed E-state index contributed by atoms with van der Waals surface area (Å²) < 4.78 is 1.71. The van der Waals surface area contributed by atoms with Crippen LogP contribution >= 0.6 is 11.8 Å². The molecule has 0 aliphatic carbocycles. The number of fused-ring (bicyclic) bond motifs is 1. The highest BCUT2D eigenvalue weighted by Crippen LogP contribution is 2.33. The van der Waals surface area contributed by atoms with Crippen LogP contribution in [0.5, 0.6) is 0 Å². The minimum absolute atomic E-state index is 0.00226. The first-order chi connectivity index (χ1) is 13.9. The number of nitrogens with one attached hydrogen (secondary N) is 1. The quantitative estimate of drug-likeness (QED) is 0.695. The summed E-state index contributed by atoms with van der Waals surface area (Å²) in [4.78, 5) is 32.4. The van der Waals surface area contributed by atoms with Crippen molar-refractivity contribution in [1.82, 2.24) is 9.55 Å². The predicted octanol–water partition coefficient (Wildman–Crippen LogP) is 3.94. The van der Waals surface area contributed by atoms with Crippen LogP contribution < -0.4 is 15.8 Å². The van der Waals surface area contributed by atoms with Crippen molar-refractivity contribution in [1.29, 1.82) is 0 Å². The Morgan fingerprint density at radius 3 is 2.62 bits per heavy atom. The molecule has 1 amide bonds. The average Bonchev–Trinajstić information content (AvgIpc) is 3.07. The van der Waals surface area contributed by atoms with Crippen LogP contribution in [0, 0.1) is 13.8 Å². The Kier molecular flexibility index (Phi) is 6.67. The molecule has 1 unspecified atom stereocenters.